The molecule has 5 heteroatoms. The van der Waals surface area contributed by atoms with Gasteiger partial charge in [-0.1, -0.05) is 6.07 Å². The molecule has 0 N–H and O–H groups in total. The average Bonchev–Trinajstić information content (AvgIpc) is 2.43. The number of carbonyl (C=O) groups is 1. The molecule has 5 nitrogen and oxygen atoms in total. The number of carbonyl (C=O) groups excluding carboxylic acids is 1. The summed E-state index contributed by atoms with van der Waals surface area (Å²) in [6.45, 7) is 0.862. The van der Waals surface area contributed by atoms with Gasteiger partial charge >= 0.3 is 0 Å². The molecule has 19 heavy (non-hydrogen) atoms. The SMILES string of the molecule is COCCOC1C(=O)CC1Oc1cccc(OC)c1. The number of rotatable bonds is 7. The van der Waals surface area contributed by atoms with Gasteiger partial charge in [0.1, 0.15) is 17.6 Å². The molecule has 104 valence electrons. The van der Waals surface area contributed by atoms with Crippen LogP contribution in [0, 0.1) is 0 Å². The van der Waals surface area contributed by atoms with Gasteiger partial charge in [-0.25, -0.2) is 0 Å². The van der Waals surface area contributed by atoms with Crippen LogP contribution in [0.25, 0.3) is 0 Å². The third-order valence-corrected chi connectivity index (χ3v) is 2.97. The molecule has 2 rings (SSSR count). The largest absolute Gasteiger partial charge is 0.497 e. The lowest BCUT2D eigenvalue weighted by molar-refractivity contribution is -0.156. The summed E-state index contributed by atoms with van der Waals surface area (Å²) >= 11 is 0. The van der Waals surface area contributed by atoms with Crippen LogP contribution in [-0.4, -0.2) is 45.4 Å². The maximum atomic E-state index is 11.5. The summed E-state index contributed by atoms with van der Waals surface area (Å²) in [5.41, 5.74) is 0. The molecule has 1 saturated carbocycles. The van der Waals surface area contributed by atoms with E-state index in [0.717, 1.165) is 5.75 Å². The third-order valence-electron chi connectivity index (χ3n) is 2.97. The van der Waals surface area contributed by atoms with Crippen molar-refractivity contribution in [1.82, 2.24) is 0 Å². The average molecular weight is 266 g/mol. The molecule has 0 radical (unpaired) electrons. The Balaban J connectivity index is 1.89. The van der Waals surface area contributed by atoms with Gasteiger partial charge < -0.3 is 18.9 Å². The molecule has 0 aliphatic heterocycles. The topological polar surface area (TPSA) is 54.0 Å². The first-order valence-corrected chi connectivity index (χ1v) is 6.18. The second-order valence-corrected chi connectivity index (χ2v) is 4.29. The number of ketones is 1. The minimum Gasteiger partial charge on any atom is -0.497 e. The summed E-state index contributed by atoms with van der Waals surface area (Å²) < 4.78 is 21.2. The number of ether oxygens (including phenoxy) is 4. The fraction of sp³-hybridized carbons (Fsp3) is 0.500. The fourth-order valence-corrected chi connectivity index (χ4v) is 1.88. The quantitative estimate of drug-likeness (QED) is 0.699. The van der Waals surface area contributed by atoms with Gasteiger partial charge in [-0.2, -0.15) is 0 Å². The highest BCUT2D eigenvalue weighted by atomic mass is 16.6. The summed E-state index contributed by atoms with van der Waals surface area (Å²) in [5.74, 6) is 1.47. The first-order valence-electron chi connectivity index (χ1n) is 6.18. The van der Waals surface area contributed by atoms with Crippen LogP contribution in [0.4, 0.5) is 0 Å². The van der Waals surface area contributed by atoms with E-state index in [4.69, 9.17) is 18.9 Å². The Morgan fingerprint density at radius 2 is 2.00 bits per heavy atom. The van der Waals surface area contributed by atoms with Gasteiger partial charge in [0.15, 0.2) is 11.9 Å². The van der Waals surface area contributed by atoms with Crippen molar-refractivity contribution in [1.29, 1.82) is 0 Å². The van der Waals surface area contributed by atoms with E-state index in [-0.39, 0.29) is 11.9 Å². The Hall–Kier alpha value is -1.59. The Morgan fingerprint density at radius 1 is 1.21 bits per heavy atom. The Kier molecular flexibility index (Phi) is 4.76. The van der Waals surface area contributed by atoms with Crippen LogP contribution >= 0.6 is 0 Å². The van der Waals surface area contributed by atoms with Crippen molar-refractivity contribution >= 4 is 5.78 Å². The molecule has 1 fully saturated rings. The zero-order valence-corrected chi connectivity index (χ0v) is 11.1. The minimum absolute atomic E-state index is 0.0731. The predicted octanol–water partition coefficient (Wildman–Crippen LogP) is 1.45. The van der Waals surface area contributed by atoms with Crippen molar-refractivity contribution in [3.63, 3.8) is 0 Å². The van der Waals surface area contributed by atoms with Crippen molar-refractivity contribution in [3.05, 3.63) is 24.3 Å². The van der Waals surface area contributed by atoms with E-state index in [0.29, 0.717) is 25.4 Å². The molecule has 0 heterocycles. The van der Waals surface area contributed by atoms with E-state index < -0.39 is 6.10 Å². The highest BCUT2D eigenvalue weighted by molar-refractivity contribution is 5.90. The second-order valence-electron chi connectivity index (χ2n) is 4.29. The molecule has 0 bridgehead atoms. The van der Waals surface area contributed by atoms with Crippen LogP contribution in [0.15, 0.2) is 24.3 Å². The molecular weight excluding hydrogens is 248 g/mol. The summed E-state index contributed by atoms with van der Waals surface area (Å²) in [7, 11) is 3.19. The van der Waals surface area contributed by atoms with Crippen LogP contribution in [0.2, 0.25) is 0 Å². The lowest BCUT2D eigenvalue weighted by Crippen LogP contribution is -2.52. The number of hydrogen-bond donors (Lipinski definition) is 0. The van der Waals surface area contributed by atoms with E-state index in [9.17, 15) is 4.79 Å². The first kappa shape index (κ1) is 13.8. The van der Waals surface area contributed by atoms with E-state index in [2.05, 4.69) is 0 Å². The van der Waals surface area contributed by atoms with Gasteiger partial charge in [-0.3, -0.25) is 4.79 Å². The highest BCUT2D eigenvalue weighted by Crippen LogP contribution is 2.27. The normalized spacial score (nSPS) is 21.9. The highest BCUT2D eigenvalue weighted by Gasteiger charge is 2.42. The van der Waals surface area contributed by atoms with Crippen molar-refractivity contribution in [3.8, 4) is 11.5 Å². The van der Waals surface area contributed by atoms with Gasteiger partial charge in [0, 0.05) is 19.6 Å². The molecule has 2 unspecified atom stereocenters. The van der Waals surface area contributed by atoms with Crippen LogP contribution < -0.4 is 9.47 Å². The molecular formula is C14H18O5. The zero-order chi connectivity index (χ0) is 13.7. The lowest BCUT2D eigenvalue weighted by atomic mass is 9.90. The molecule has 1 aliphatic rings. The molecule has 1 aromatic carbocycles. The van der Waals surface area contributed by atoms with E-state index in [1.165, 1.54) is 0 Å². The predicted molar refractivity (Wildman–Crippen MR) is 68.7 cm³/mol. The molecule has 1 aromatic rings. The van der Waals surface area contributed by atoms with Gasteiger partial charge in [0.2, 0.25) is 0 Å². The zero-order valence-electron chi connectivity index (χ0n) is 11.1. The minimum atomic E-state index is -0.485. The van der Waals surface area contributed by atoms with E-state index in [1.54, 1.807) is 20.3 Å². The smallest absolute Gasteiger partial charge is 0.169 e. The fourth-order valence-electron chi connectivity index (χ4n) is 1.88. The molecule has 0 spiro atoms. The van der Waals surface area contributed by atoms with Crippen LogP contribution in [-0.2, 0) is 14.3 Å². The Labute approximate surface area is 112 Å². The number of methoxy groups -OCH3 is 2. The Morgan fingerprint density at radius 3 is 2.68 bits per heavy atom. The third kappa shape index (κ3) is 3.45. The second kappa shape index (κ2) is 6.54. The van der Waals surface area contributed by atoms with Crippen LogP contribution in [0.5, 0.6) is 11.5 Å². The maximum Gasteiger partial charge on any atom is 0.169 e. The number of Topliss-reactive ketones (excluding diaryl/α,β-unsaturated/α-hetero) is 1. The van der Waals surface area contributed by atoms with E-state index >= 15 is 0 Å². The molecule has 0 saturated heterocycles. The first-order chi connectivity index (χ1) is 9.24. The van der Waals surface area contributed by atoms with Gasteiger partial charge in [-0.05, 0) is 12.1 Å². The molecule has 2 atom stereocenters. The van der Waals surface area contributed by atoms with Gasteiger partial charge in [0.25, 0.3) is 0 Å². The van der Waals surface area contributed by atoms with Crippen molar-refractivity contribution in [2.24, 2.45) is 0 Å². The van der Waals surface area contributed by atoms with Gasteiger partial charge in [-0.15, -0.1) is 0 Å². The van der Waals surface area contributed by atoms with Crippen LogP contribution in [0.3, 0.4) is 0 Å². The number of hydrogen-bond acceptors (Lipinski definition) is 5. The summed E-state index contributed by atoms with van der Waals surface area (Å²) in [6, 6.07) is 7.30. The Bertz CT molecular complexity index is 432. The van der Waals surface area contributed by atoms with Crippen molar-refractivity contribution in [2.75, 3.05) is 27.4 Å². The van der Waals surface area contributed by atoms with Crippen LogP contribution in [0.1, 0.15) is 6.42 Å². The van der Waals surface area contributed by atoms with Crippen molar-refractivity contribution in [2.45, 2.75) is 18.6 Å². The standard InChI is InChI=1S/C14H18O5/c1-16-6-7-18-14-12(15)9-13(14)19-11-5-3-4-10(8-11)17-2/h3-5,8,13-14H,6-7,9H2,1-2H3. The van der Waals surface area contributed by atoms with Gasteiger partial charge in [0.05, 0.1) is 20.3 Å². The summed E-state index contributed by atoms with van der Waals surface area (Å²) in [5, 5.41) is 0. The monoisotopic (exact) mass is 266 g/mol. The molecule has 0 aromatic heterocycles. The molecule has 1 aliphatic carbocycles. The summed E-state index contributed by atoms with van der Waals surface area (Å²) in [6.07, 6.45) is -0.327. The van der Waals surface area contributed by atoms with E-state index in [1.807, 2.05) is 18.2 Å². The van der Waals surface area contributed by atoms with Crippen molar-refractivity contribution < 1.29 is 23.7 Å². The summed E-state index contributed by atoms with van der Waals surface area (Å²) in [4.78, 5) is 11.5. The molecule has 0 amide bonds. The lowest BCUT2D eigenvalue weighted by Gasteiger charge is -2.34. The number of benzene rings is 1. The maximum absolute atomic E-state index is 11.5.